The Morgan fingerprint density at radius 2 is 2.22 bits per heavy atom. The molecule has 0 unspecified atom stereocenters. The van der Waals surface area contributed by atoms with Gasteiger partial charge in [0.25, 0.3) is 0 Å². The molecule has 0 spiro atoms. The Morgan fingerprint density at radius 3 is 3.00 bits per heavy atom. The molecule has 1 aliphatic rings. The summed E-state index contributed by atoms with van der Waals surface area (Å²) in [5, 5.41) is 0. The summed E-state index contributed by atoms with van der Waals surface area (Å²) in [6.07, 6.45) is 1.06. The molecular formula is C15H24N2O. The number of hydrogen-bond acceptors (Lipinski definition) is 3. The van der Waals surface area contributed by atoms with Crippen LogP contribution < -0.4 is 5.73 Å². The number of benzene rings is 1. The van der Waals surface area contributed by atoms with Crippen LogP contribution in [0.1, 0.15) is 25.0 Å². The van der Waals surface area contributed by atoms with Gasteiger partial charge in [-0.15, -0.1) is 0 Å². The van der Waals surface area contributed by atoms with Gasteiger partial charge in [0.15, 0.2) is 0 Å². The maximum atomic E-state index is 6.00. The number of nitrogen functional groups attached to an aromatic ring is 1. The van der Waals surface area contributed by atoms with Crippen molar-refractivity contribution in [1.29, 1.82) is 0 Å². The summed E-state index contributed by atoms with van der Waals surface area (Å²) < 4.78 is 5.64. The van der Waals surface area contributed by atoms with Crippen LogP contribution in [0.2, 0.25) is 0 Å². The van der Waals surface area contributed by atoms with Crippen LogP contribution in [-0.2, 0) is 17.7 Å². The molecule has 0 fully saturated rings. The lowest BCUT2D eigenvalue weighted by Gasteiger charge is -2.29. The number of fused-ring (bicyclic) bond motifs is 1. The van der Waals surface area contributed by atoms with Crippen LogP contribution >= 0.6 is 0 Å². The molecule has 0 saturated heterocycles. The van der Waals surface area contributed by atoms with E-state index in [1.165, 1.54) is 11.1 Å². The van der Waals surface area contributed by atoms with E-state index in [4.69, 9.17) is 10.5 Å². The van der Waals surface area contributed by atoms with Crippen molar-refractivity contribution in [2.24, 2.45) is 5.92 Å². The monoisotopic (exact) mass is 248 g/mol. The molecule has 2 N–H and O–H groups in total. The van der Waals surface area contributed by atoms with E-state index < -0.39 is 0 Å². The lowest BCUT2D eigenvalue weighted by Crippen LogP contribution is -2.33. The molecule has 2 rings (SSSR count). The number of rotatable bonds is 5. The lowest BCUT2D eigenvalue weighted by molar-refractivity contribution is 0.0819. The summed E-state index contributed by atoms with van der Waals surface area (Å²) in [5.41, 5.74) is 9.67. The highest BCUT2D eigenvalue weighted by Crippen LogP contribution is 2.23. The molecule has 0 amide bonds. The van der Waals surface area contributed by atoms with Gasteiger partial charge in [0.2, 0.25) is 0 Å². The minimum Gasteiger partial charge on any atom is -0.398 e. The molecule has 100 valence electrons. The van der Waals surface area contributed by atoms with E-state index in [1.54, 1.807) is 0 Å². The molecular weight excluding hydrogens is 224 g/mol. The second-order valence-electron chi connectivity index (χ2n) is 5.48. The molecule has 1 aromatic rings. The first-order chi connectivity index (χ1) is 8.66. The zero-order valence-electron chi connectivity index (χ0n) is 11.5. The van der Waals surface area contributed by atoms with Crippen LogP contribution in [0.4, 0.5) is 5.69 Å². The van der Waals surface area contributed by atoms with E-state index in [9.17, 15) is 0 Å². The average Bonchev–Trinajstić information content (AvgIpc) is 2.35. The summed E-state index contributed by atoms with van der Waals surface area (Å²) in [7, 11) is 0. The summed E-state index contributed by atoms with van der Waals surface area (Å²) >= 11 is 0. The van der Waals surface area contributed by atoms with Crippen LogP contribution in [0, 0.1) is 5.92 Å². The minimum atomic E-state index is 0.617. The van der Waals surface area contributed by atoms with Gasteiger partial charge < -0.3 is 10.5 Å². The van der Waals surface area contributed by atoms with E-state index in [-0.39, 0.29) is 0 Å². The molecule has 3 nitrogen and oxygen atoms in total. The van der Waals surface area contributed by atoms with Crippen LogP contribution in [0.3, 0.4) is 0 Å². The zero-order chi connectivity index (χ0) is 13.0. The second-order valence-corrected chi connectivity index (χ2v) is 5.48. The number of anilines is 1. The molecule has 3 heteroatoms. The Kier molecular flexibility index (Phi) is 4.61. The number of ether oxygens (including phenoxy) is 1. The fraction of sp³-hybridized carbons (Fsp3) is 0.600. The number of nitrogens with zero attached hydrogens (tertiary/aromatic N) is 1. The van der Waals surface area contributed by atoms with E-state index in [1.807, 2.05) is 12.1 Å². The average molecular weight is 248 g/mol. The van der Waals surface area contributed by atoms with Crippen molar-refractivity contribution in [3.05, 3.63) is 29.3 Å². The molecule has 0 aliphatic carbocycles. The Morgan fingerprint density at radius 1 is 1.39 bits per heavy atom. The fourth-order valence-corrected chi connectivity index (χ4v) is 2.40. The highest BCUT2D eigenvalue weighted by Gasteiger charge is 2.17. The molecule has 0 radical (unpaired) electrons. The predicted octanol–water partition coefficient (Wildman–Crippen LogP) is 2.30. The largest absolute Gasteiger partial charge is 0.398 e. The quantitative estimate of drug-likeness (QED) is 0.642. The first-order valence-corrected chi connectivity index (χ1v) is 6.83. The van der Waals surface area contributed by atoms with E-state index in [2.05, 4.69) is 24.8 Å². The van der Waals surface area contributed by atoms with E-state index in [0.717, 1.165) is 45.0 Å². The number of hydrogen-bond donors (Lipinski definition) is 1. The van der Waals surface area contributed by atoms with E-state index >= 15 is 0 Å². The second kappa shape index (κ2) is 6.21. The summed E-state index contributed by atoms with van der Waals surface area (Å²) in [6, 6.07) is 6.24. The summed E-state index contributed by atoms with van der Waals surface area (Å²) in [6.45, 7) is 9.16. The van der Waals surface area contributed by atoms with Gasteiger partial charge in [0.05, 0.1) is 6.61 Å². The van der Waals surface area contributed by atoms with Crippen molar-refractivity contribution < 1.29 is 4.74 Å². The topological polar surface area (TPSA) is 38.5 Å². The molecule has 0 saturated carbocycles. The van der Waals surface area contributed by atoms with Crippen molar-refractivity contribution in [3.63, 3.8) is 0 Å². The van der Waals surface area contributed by atoms with Crippen molar-refractivity contribution in [1.82, 2.24) is 4.90 Å². The van der Waals surface area contributed by atoms with Gasteiger partial charge in [-0.25, -0.2) is 0 Å². The van der Waals surface area contributed by atoms with Gasteiger partial charge in [-0.05, 0) is 29.5 Å². The summed E-state index contributed by atoms with van der Waals surface area (Å²) in [4.78, 5) is 2.45. The lowest BCUT2D eigenvalue weighted by atomic mass is 9.98. The first-order valence-electron chi connectivity index (χ1n) is 6.83. The fourth-order valence-electron chi connectivity index (χ4n) is 2.40. The predicted molar refractivity (Wildman–Crippen MR) is 75.5 cm³/mol. The van der Waals surface area contributed by atoms with Crippen molar-refractivity contribution in [3.8, 4) is 0 Å². The van der Waals surface area contributed by atoms with Crippen LogP contribution in [-0.4, -0.2) is 31.2 Å². The number of nitrogens with two attached hydrogens (primary N) is 1. The van der Waals surface area contributed by atoms with Gasteiger partial charge in [0.1, 0.15) is 0 Å². The Balaban J connectivity index is 1.81. The first kappa shape index (κ1) is 13.4. The summed E-state index contributed by atoms with van der Waals surface area (Å²) in [5.74, 6) is 0.617. The third-order valence-corrected chi connectivity index (χ3v) is 3.38. The SMILES string of the molecule is CC(C)COCCN1CCc2c(N)cccc2C1. The van der Waals surface area contributed by atoms with Crippen molar-refractivity contribution in [2.75, 3.05) is 32.0 Å². The van der Waals surface area contributed by atoms with Crippen LogP contribution in [0.5, 0.6) is 0 Å². The molecule has 1 heterocycles. The maximum absolute atomic E-state index is 6.00. The molecule has 0 aromatic heterocycles. The highest BCUT2D eigenvalue weighted by atomic mass is 16.5. The van der Waals surface area contributed by atoms with Crippen molar-refractivity contribution in [2.45, 2.75) is 26.8 Å². The van der Waals surface area contributed by atoms with Gasteiger partial charge in [-0.1, -0.05) is 26.0 Å². The Bertz CT molecular complexity index is 390. The molecule has 1 aromatic carbocycles. The molecule has 18 heavy (non-hydrogen) atoms. The van der Waals surface area contributed by atoms with Crippen molar-refractivity contribution >= 4 is 5.69 Å². The Hall–Kier alpha value is -1.06. The van der Waals surface area contributed by atoms with E-state index in [0.29, 0.717) is 5.92 Å². The van der Waals surface area contributed by atoms with Crippen LogP contribution in [0.15, 0.2) is 18.2 Å². The smallest absolute Gasteiger partial charge is 0.0593 e. The third-order valence-electron chi connectivity index (χ3n) is 3.38. The highest BCUT2D eigenvalue weighted by molar-refractivity contribution is 5.51. The third kappa shape index (κ3) is 3.47. The maximum Gasteiger partial charge on any atom is 0.0593 e. The van der Waals surface area contributed by atoms with Crippen LogP contribution in [0.25, 0.3) is 0 Å². The molecule has 0 bridgehead atoms. The van der Waals surface area contributed by atoms with Gasteiger partial charge in [-0.3, -0.25) is 4.90 Å². The zero-order valence-corrected chi connectivity index (χ0v) is 11.5. The minimum absolute atomic E-state index is 0.617. The van der Waals surface area contributed by atoms with Gasteiger partial charge in [-0.2, -0.15) is 0 Å². The molecule has 1 aliphatic heterocycles. The normalized spacial score (nSPS) is 15.9. The molecule has 0 atom stereocenters. The Labute approximate surface area is 110 Å². The standard InChI is InChI=1S/C15H24N2O/c1-12(2)11-18-9-8-17-7-6-14-13(10-17)4-3-5-15(14)16/h3-5,12H,6-11,16H2,1-2H3. The van der Waals surface area contributed by atoms with Gasteiger partial charge >= 0.3 is 0 Å². The van der Waals surface area contributed by atoms with Gasteiger partial charge in [0, 0.05) is 31.9 Å².